The lowest BCUT2D eigenvalue weighted by atomic mass is 10.1. The van der Waals surface area contributed by atoms with E-state index in [1.165, 1.54) is 0 Å². The lowest BCUT2D eigenvalue weighted by Crippen LogP contribution is -2.05. The van der Waals surface area contributed by atoms with Crippen LogP contribution in [0.1, 0.15) is 28.5 Å². The number of anilines is 1. The quantitative estimate of drug-likeness (QED) is 0.848. The van der Waals surface area contributed by atoms with Gasteiger partial charge in [-0.25, -0.2) is 9.78 Å². The smallest absolute Gasteiger partial charge is 0.338 e. The molecule has 0 spiro atoms. The van der Waals surface area contributed by atoms with Gasteiger partial charge in [-0.1, -0.05) is 18.2 Å². The average molecular weight is 270 g/mol. The zero-order valence-electron chi connectivity index (χ0n) is 11.7. The third kappa shape index (κ3) is 3.82. The van der Waals surface area contributed by atoms with Crippen LogP contribution in [0.25, 0.3) is 0 Å². The van der Waals surface area contributed by atoms with Crippen molar-refractivity contribution in [2.24, 2.45) is 0 Å². The highest BCUT2D eigenvalue weighted by atomic mass is 16.5. The van der Waals surface area contributed by atoms with E-state index in [9.17, 15) is 4.79 Å². The zero-order valence-corrected chi connectivity index (χ0v) is 11.7. The van der Waals surface area contributed by atoms with Crippen LogP contribution in [0.5, 0.6) is 0 Å². The molecule has 4 nitrogen and oxygen atoms in total. The fourth-order valence-corrected chi connectivity index (χ4v) is 1.81. The van der Waals surface area contributed by atoms with E-state index in [-0.39, 0.29) is 5.97 Å². The number of hydrogen-bond donors (Lipinski definition) is 1. The molecule has 2 rings (SSSR count). The van der Waals surface area contributed by atoms with Gasteiger partial charge in [0.15, 0.2) is 0 Å². The van der Waals surface area contributed by atoms with Crippen LogP contribution in [0.4, 0.5) is 5.82 Å². The van der Waals surface area contributed by atoms with Crippen molar-refractivity contribution >= 4 is 11.8 Å². The fraction of sp³-hybridized carbons (Fsp3) is 0.250. The Morgan fingerprint density at radius 1 is 1.20 bits per heavy atom. The largest absolute Gasteiger partial charge is 0.462 e. The number of esters is 1. The molecule has 0 unspecified atom stereocenters. The Balaban J connectivity index is 1.95. The summed E-state index contributed by atoms with van der Waals surface area (Å²) in [6.45, 7) is 4.81. The Kier molecular flexibility index (Phi) is 4.71. The Bertz CT molecular complexity index is 579. The average Bonchev–Trinajstić information content (AvgIpc) is 2.46. The van der Waals surface area contributed by atoms with Gasteiger partial charge in [0.1, 0.15) is 5.82 Å². The van der Waals surface area contributed by atoms with E-state index in [4.69, 9.17) is 4.74 Å². The summed E-state index contributed by atoms with van der Waals surface area (Å²) in [5.41, 5.74) is 2.64. The zero-order chi connectivity index (χ0) is 14.4. The second-order valence-electron chi connectivity index (χ2n) is 4.44. The predicted molar refractivity (Wildman–Crippen MR) is 78.7 cm³/mol. The minimum absolute atomic E-state index is 0.285. The number of aromatic nitrogens is 1. The molecule has 2 aromatic rings. The van der Waals surface area contributed by atoms with Crippen molar-refractivity contribution in [2.45, 2.75) is 20.4 Å². The molecule has 0 saturated heterocycles. The molecule has 0 aliphatic carbocycles. The normalized spacial score (nSPS) is 10.1. The van der Waals surface area contributed by atoms with E-state index < -0.39 is 0 Å². The van der Waals surface area contributed by atoms with Crippen molar-refractivity contribution in [1.82, 2.24) is 4.98 Å². The van der Waals surface area contributed by atoms with Gasteiger partial charge in [0.05, 0.1) is 12.2 Å². The van der Waals surface area contributed by atoms with E-state index in [1.54, 1.807) is 19.1 Å². The summed E-state index contributed by atoms with van der Waals surface area (Å²) >= 11 is 0. The number of hydrogen-bond acceptors (Lipinski definition) is 4. The third-order valence-corrected chi connectivity index (χ3v) is 2.83. The molecule has 0 aliphatic heterocycles. The second kappa shape index (κ2) is 6.70. The van der Waals surface area contributed by atoms with E-state index in [2.05, 4.69) is 10.3 Å². The topological polar surface area (TPSA) is 51.2 Å². The molecule has 0 bridgehead atoms. The predicted octanol–water partition coefficient (Wildman–Crippen LogP) is 3.18. The molecule has 4 heteroatoms. The minimum Gasteiger partial charge on any atom is -0.462 e. The molecule has 0 saturated carbocycles. The first-order valence-corrected chi connectivity index (χ1v) is 6.62. The van der Waals surface area contributed by atoms with Gasteiger partial charge in [-0.15, -0.1) is 0 Å². The van der Waals surface area contributed by atoms with Crippen LogP contribution in [0.2, 0.25) is 0 Å². The molecule has 1 heterocycles. The summed E-state index contributed by atoms with van der Waals surface area (Å²) < 4.78 is 4.95. The summed E-state index contributed by atoms with van der Waals surface area (Å²) in [6.07, 6.45) is 0. The van der Waals surface area contributed by atoms with E-state index >= 15 is 0 Å². The van der Waals surface area contributed by atoms with Crippen molar-refractivity contribution in [3.05, 3.63) is 59.3 Å². The summed E-state index contributed by atoms with van der Waals surface area (Å²) in [5.74, 6) is 0.562. The van der Waals surface area contributed by atoms with Gasteiger partial charge in [-0.3, -0.25) is 0 Å². The molecule has 1 N–H and O–H groups in total. The Morgan fingerprint density at radius 2 is 1.95 bits per heavy atom. The first-order chi connectivity index (χ1) is 9.69. The minimum atomic E-state index is -0.285. The van der Waals surface area contributed by atoms with Crippen LogP contribution in [-0.4, -0.2) is 17.6 Å². The summed E-state index contributed by atoms with van der Waals surface area (Å²) in [5, 5.41) is 3.25. The number of nitrogens with zero attached hydrogens (tertiary/aromatic N) is 1. The SMILES string of the molecule is CCOC(=O)c1ccc(CNc2cccc(C)n2)cc1. The highest BCUT2D eigenvalue weighted by molar-refractivity contribution is 5.89. The van der Waals surface area contributed by atoms with Crippen molar-refractivity contribution in [1.29, 1.82) is 0 Å². The van der Waals surface area contributed by atoms with Crippen LogP contribution >= 0.6 is 0 Å². The van der Waals surface area contributed by atoms with E-state index in [0.717, 1.165) is 17.1 Å². The van der Waals surface area contributed by atoms with Crippen LogP contribution < -0.4 is 5.32 Å². The number of benzene rings is 1. The highest BCUT2D eigenvalue weighted by Crippen LogP contribution is 2.09. The maximum atomic E-state index is 11.5. The van der Waals surface area contributed by atoms with Gasteiger partial charge in [0.2, 0.25) is 0 Å². The van der Waals surface area contributed by atoms with Gasteiger partial charge in [-0.05, 0) is 43.7 Å². The molecule has 0 fully saturated rings. The first-order valence-electron chi connectivity index (χ1n) is 6.62. The molecule has 0 amide bonds. The molecule has 0 atom stereocenters. The Labute approximate surface area is 118 Å². The third-order valence-electron chi connectivity index (χ3n) is 2.83. The number of rotatable bonds is 5. The van der Waals surface area contributed by atoms with Crippen molar-refractivity contribution in [2.75, 3.05) is 11.9 Å². The molecule has 20 heavy (non-hydrogen) atoms. The summed E-state index contributed by atoms with van der Waals surface area (Å²) in [7, 11) is 0. The number of ether oxygens (including phenoxy) is 1. The number of nitrogens with one attached hydrogen (secondary N) is 1. The van der Waals surface area contributed by atoms with Crippen LogP contribution in [0.15, 0.2) is 42.5 Å². The molecule has 1 aromatic carbocycles. The van der Waals surface area contributed by atoms with E-state index in [0.29, 0.717) is 18.7 Å². The maximum Gasteiger partial charge on any atom is 0.338 e. The highest BCUT2D eigenvalue weighted by Gasteiger charge is 2.05. The molecule has 0 aliphatic rings. The fourth-order valence-electron chi connectivity index (χ4n) is 1.81. The van der Waals surface area contributed by atoms with Crippen LogP contribution in [0, 0.1) is 6.92 Å². The van der Waals surface area contributed by atoms with Crippen molar-refractivity contribution in [3.63, 3.8) is 0 Å². The maximum absolute atomic E-state index is 11.5. The molecule has 104 valence electrons. The Morgan fingerprint density at radius 3 is 2.60 bits per heavy atom. The Hall–Kier alpha value is -2.36. The lowest BCUT2D eigenvalue weighted by molar-refractivity contribution is 0.0526. The number of pyridine rings is 1. The van der Waals surface area contributed by atoms with E-state index in [1.807, 2.05) is 37.3 Å². The number of carbonyl (C=O) groups excluding carboxylic acids is 1. The lowest BCUT2D eigenvalue weighted by Gasteiger charge is -2.07. The molecular weight excluding hydrogens is 252 g/mol. The number of aryl methyl sites for hydroxylation is 1. The molecule has 1 aromatic heterocycles. The monoisotopic (exact) mass is 270 g/mol. The van der Waals surface area contributed by atoms with Gasteiger partial charge in [0.25, 0.3) is 0 Å². The standard InChI is InChI=1S/C16H18N2O2/c1-3-20-16(19)14-9-7-13(8-10-14)11-17-15-6-4-5-12(2)18-15/h4-10H,3,11H2,1-2H3,(H,17,18). The summed E-state index contributed by atoms with van der Waals surface area (Å²) in [6, 6.07) is 13.2. The van der Waals surface area contributed by atoms with Gasteiger partial charge < -0.3 is 10.1 Å². The van der Waals surface area contributed by atoms with Gasteiger partial charge >= 0.3 is 5.97 Å². The second-order valence-corrected chi connectivity index (χ2v) is 4.44. The number of carbonyl (C=O) groups is 1. The van der Waals surface area contributed by atoms with Gasteiger partial charge in [-0.2, -0.15) is 0 Å². The molecular formula is C16H18N2O2. The van der Waals surface area contributed by atoms with Crippen molar-refractivity contribution in [3.8, 4) is 0 Å². The molecule has 0 radical (unpaired) electrons. The summed E-state index contributed by atoms with van der Waals surface area (Å²) in [4.78, 5) is 15.9. The van der Waals surface area contributed by atoms with Gasteiger partial charge in [0, 0.05) is 12.2 Å². The van der Waals surface area contributed by atoms with Crippen LogP contribution in [0.3, 0.4) is 0 Å². The van der Waals surface area contributed by atoms with Crippen LogP contribution in [-0.2, 0) is 11.3 Å². The first kappa shape index (κ1) is 14.1. The van der Waals surface area contributed by atoms with Crippen molar-refractivity contribution < 1.29 is 9.53 Å².